The van der Waals surface area contributed by atoms with Crippen molar-refractivity contribution in [3.05, 3.63) is 53.6 Å². The first-order valence-corrected chi connectivity index (χ1v) is 6.72. The summed E-state index contributed by atoms with van der Waals surface area (Å²) in [5, 5.41) is 12.4. The Kier molecular flexibility index (Phi) is 5.05. The van der Waals surface area contributed by atoms with Gasteiger partial charge in [-0.1, -0.05) is 18.2 Å². The smallest absolute Gasteiger partial charge is 0.143 e. The van der Waals surface area contributed by atoms with Gasteiger partial charge in [-0.3, -0.25) is 0 Å². The summed E-state index contributed by atoms with van der Waals surface area (Å²) in [5.41, 5.74) is 2.54. The Morgan fingerprint density at radius 1 is 1.05 bits per heavy atom. The number of benzene rings is 2. The van der Waals surface area contributed by atoms with E-state index in [1.807, 2.05) is 36.4 Å². The summed E-state index contributed by atoms with van der Waals surface area (Å²) >= 11 is 0. The molecule has 1 N–H and O–H groups in total. The Morgan fingerprint density at radius 3 is 2.43 bits per heavy atom. The van der Waals surface area contributed by atoms with Crippen LogP contribution in [0.5, 0.6) is 11.5 Å². The molecule has 0 spiro atoms. The summed E-state index contributed by atoms with van der Waals surface area (Å²) in [4.78, 5) is 0. The van der Waals surface area contributed by atoms with Gasteiger partial charge < -0.3 is 14.8 Å². The zero-order valence-electron chi connectivity index (χ0n) is 12.2. The van der Waals surface area contributed by atoms with Crippen LogP contribution in [-0.4, -0.2) is 20.8 Å². The lowest BCUT2D eigenvalue weighted by Crippen LogP contribution is -2.07. The highest BCUT2D eigenvalue weighted by Gasteiger charge is 2.07. The topological polar surface area (TPSA) is 54.3 Å². The Balaban J connectivity index is 2.01. The van der Waals surface area contributed by atoms with Crippen molar-refractivity contribution in [3.8, 4) is 17.6 Å². The lowest BCUT2D eigenvalue weighted by atomic mass is 10.1. The van der Waals surface area contributed by atoms with Crippen molar-refractivity contribution in [1.82, 2.24) is 0 Å². The fourth-order valence-electron chi connectivity index (χ4n) is 2.10. The molecule has 2 rings (SSSR count). The molecular formula is C17H18N2O2. The van der Waals surface area contributed by atoms with Gasteiger partial charge in [0.2, 0.25) is 0 Å². The summed E-state index contributed by atoms with van der Waals surface area (Å²) in [6.45, 7) is 0.724. The van der Waals surface area contributed by atoms with E-state index in [-0.39, 0.29) is 0 Å². The average molecular weight is 282 g/mol. The van der Waals surface area contributed by atoms with E-state index in [1.165, 1.54) is 5.56 Å². The molecule has 0 aliphatic carbocycles. The van der Waals surface area contributed by atoms with Gasteiger partial charge in [-0.2, -0.15) is 5.26 Å². The van der Waals surface area contributed by atoms with Crippen LogP contribution in [0.25, 0.3) is 0 Å². The third kappa shape index (κ3) is 3.67. The van der Waals surface area contributed by atoms with Crippen molar-refractivity contribution in [2.45, 2.75) is 6.42 Å². The number of rotatable bonds is 6. The summed E-state index contributed by atoms with van der Waals surface area (Å²) < 4.78 is 10.4. The van der Waals surface area contributed by atoms with Gasteiger partial charge >= 0.3 is 0 Å². The number of methoxy groups -OCH3 is 2. The molecule has 0 saturated carbocycles. The third-order valence-corrected chi connectivity index (χ3v) is 3.24. The van der Waals surface area contributed by atoms with Crippen molar-refractivity contribution in [2.75, 3.05) is 26.1 Å². The molecule has 2 aromatic rings. The van der Waals surface area contributed by atoms with Crippen LogP contribution >= 0.6 is 0 Å². The van der Waals surface area contributed by atoms with Crippen LogP contribution in [0.15, 0.2) is 42.5 Å². The maximum Gasteiger partial charge on any atom is 0.143 e. The van der Waals surface area contributed by atoms with E-state index >= 15 is 0 Å². The van der Waals surface area contributed by atoms with Crippen LogP contribution in [0.1, 0.15) is 11.1 Å². The minimum Gasteiger partial charge on any atom is -0.497 e. The van der Waals surface area contributed by atoms with E-state index in [9.17, 15) is 0 Å². The summed E-state index contributed by atoms with van der Waals surface area (Å²) in [6.07, 6.45) is 0.854. The first-order chi connectivity index (χ1) is 10.3. The minimum absolute atomic E-state index is 0.587. The molecule has 0 radical (unpaired) electrons. The van der Waals surface area contributed by atoms with E-state index in [0.29, 0.717) is 11.3 Å². The molecule has 0 aliphatic rings. The molecular weight excluding hydrogens is 264 g/mol. The van der Waals surface area contributed by atoms with E-state index in [2.05, 4.69) is 11.4 Å². The second-order valence-corrected chi connectivity index (χ2v) is 4.52. The van der Waals surface area contributed by atoms with E-state index < -0.39 is 0 Å². The normalized spacial score (nSPS) is 9.76. The van der Waals surface area contributed by atoms with Crippen LogP contribution in [0.2, 0.25) is 0 Å². The van der Waals surface area contributed by atoms with Gasteiger partial charge in [-0.05, 0) is 36.2 Å². The van der Waals surface area contributed by atoms with Crippen LogP contribution < -0.4 is 14.8 Å². The van der Waals surface area contributed by atoms with Gasteiger partial charge in [0.05, 0.1) is 25.5 Å². The van der Waals surface area contributed by atoms with Crippen molar-refractivity contribution in [2.24, 2.45) is 0 Å². The Morgan fingerprint density at radius 2 is 1.81 bits per heavy atom. The first kappa shape index (κ1) is 14.7. The maximum atomic E-state index is 9.15. The first-order valence-electron chi connectivity index (χ1n) is 6.72. The number of nitrogens with zero attached hydrogens (tertiary/aromatic N) is 1. The quantitative estimate of drug-likeness (QED) is 0.883. The fraction of sp³-hybridized carbons (Fsp3) is 0.235. The number of hydrogen-bond acceptors (Lipinski definition) is 4. The Labute approximate surface area is 124 Å². The summed E-state index contributed by atoms with van der Waals surface area (Å²) in [6, 6.07) is 15.6. The van der Waals surface area contributed by atoms with Gasteiger partial charge in [0.1, 0.15) is 17.6 Å². The standard InChI is InChI=1S/C17H18N2O2/c1-20-15-8-6-13(7-9-15)10-11-19-17-14(12-18)4-3-5-16(17)21-2/h3-9,19H,10-11H2,1-2H3. The maximum absolute atomic E-state index is 9.15. The van der Waals surface area contributed by atoms with Crippen LogP contribution in [0.3, 0.4) is 0 Å². The zero-order valence-corrected chi connectivity index (χ0v) is 12.2. The number of nitrogens with one attached hydrogen (secondary N) is 1. The molecule has 108 valence electrons. The van der Waals surface area contributed by atoms with Gasteiger partial charge in [0.15, 0.2) is 0 Å². The van der Waals surface area contributed by atoms with Crippen LogP contribution in [0.4, 0.5) is 5.69 Å². The molecule has 4 heteroatoms. The number of para-hydroxylation sites is 1. The SMILES string of the molecule is COc1ccc(CCNc2c(C#N)cccc2OC)cc1. The summed E-state index contributed by atoms with van der Waals surface area (Å²) in [5.74, 6) is 1.53. The predicted octanol–water partition coefficient (Wildman–Crippen LogP) is 3.23. The number of ether oxygens (including phenoxy) is 2. The second kappa shape index (κ2) is 7.20. The van der Waals surface area contributed by atoms with Gasteiger partial charge in [0.25, 0.3) is 0 Å². The highest BCUT2D eigenvalue weighted by Crippen LogP contribution is 2.27. The lowest BCUT2D eigenvalue weighted by Gasteiger charge is -2.12. The molecule has 21 heavy (non-hydrogen) atoms. The van der Waals surface area contributed by atoms with E-state index in [0.717, 1.165) is 24.4 Å². The molecule has 0 aliphatic heterocycles. The third-order valence-electron chi connectivity index (χ3n) is 3.24. The summed E-state index contributed by atoms with van der Waals surface area (Å²) in [7, 11) is 3.26. The van der Waals surface area contributed by atoms with Crippen molar-refractivity contribution in [3.63, 3.8) is 0 Å². The molecule has 4 nitrogen and oxygen atoms in total. The number of hydrogen-bond donors (Lipinski definition) is 1. The lowest BCUT2D eigenvalue weighted by molar-refractivity contribution is 0.414. The molecule has 0 bridgehead atoms. The predicted molar refractivity (Wildman–Crippen MR) is 82.9 cm³/mol. The average Bonchev–Trinajstić information content (AvgIpc) is 2.55. The Hall–Kier alpha value is -2.67. The number of nitriles is 1. The largest absolute Gasteiger partial charge is 0.497 e. The van der Waals surface area contributed by atoms with Gasteiger partial charge in [-0.25, -0.2) is 0 Å². The molecule has 0 aromatic heterocycles. The monoisotopic (exact) mass is 282 g/mol. The van der Waals surface area contributed by atoms with Crippen molar-refractivity contribution in [1.29, 1.82) is 5.26 Å². The van der Waals surface area contributed by atoms with E-state index in [4.69, 9.17) is 14.7 Å². The van der Waals surface area contributed by atoms with Crippen LogP contribution in [0, 0.1) is 11.3 Å². The van der Waals surface area contributed by atoms with Crippen molar-refractivity contribution < 1.29 is 9.47 Å². The highest BCUT2D eigenvalue weighted by molar-refractivity contribution is 5.66. The van der Waals surface area contributed by atoms with Gasteiger partial charge in [-0.15, -0.1) is 0 Å². The van der Waals surface area contributed by atoms with Crippen molar-refractivity contribution >= 4 is 5.69 Å². The molecule has 0 atom stereocenters. The Bertz CT molecular complexity index is 630. The fourth-order valence-corrected chi connectivity index (χ4v) is 2.10. The molecule has 2 aromatic carbocycles. The van der Waals surface area contributed by atoms with Gasteiger partial charge in [0, 0.05) is 6.54 Å². The highest BCUT2D eigenvalue weighted by atomic mass is 16.5. The minimum atomic E-state index is 0.587. The molecule has 0 fully saturated rings. The second-order valence-electron chi connectivity index (χ2n) is 4.52. The van der Waals surface area contributed by atoms with E-state index in [1.54, 1.807) is 20.3 Å². The number of anilines is 1. The molecule has 0 heterocycles. The molecule has 0 saturated heterocycles. The van der Waals surface area contributed by atoms with Crippen LogP contribution in [-0.2, 0) is 6.42 Å². The molecule has 0 amide bonds. The molecule has 0 unspecified atom stereocenters. The zero-order chi connectivity index (χ0) is 15.1.